The van der Waals surface area contributed by atoms with E-state index in [0.29, 0.717) is 6.54 Å². The minimum Gasteiger partial charge on any atom is -0.316 e. The SMILES string of the molecule is C=C(CNC)C(=C)/C(=C/c1cccc(Cl)c1)c1ccccc1. The molecule has 112 valence electrons. The second-order valence-corrected chi connectivity index (χ2v) is 5.53. The van der Waals surface area contributed by atoms with E-state index in [2.05, 4.69) is 36.7 Å². The molecule has 0 atom stereocenters. The summed E-state index contributed by atoms with van der Waals surface area (Å²) in [6.45, 7) is 9.06. The number of hydrogen-bond acceptors (Lipinski definition) is 1. The molecule has 0 amide bonds. The van der Waals surface area contributed by atoms with Crippen LogP contribution in [0.5, 0.6) is 0 Å². The molecule has 1 nitrogen and oxygen atoms in total. The Balaban J connectivity index is 2.46. The van der Waals surface area contributed by atoms with Crippen molar-refractivity contribution >= 4 is 23.3 Å². The molecule has 0 saturated carbocycles. The Bertz CT molecular complexity index is 699. The Morgan fingerprint density at radius 3 is 2.45 bits per heavy atom. The van der Waals surface area contributed by atoms with Crippen LogP contribution in [0.15, 0.2) is 78.9 Å². The Morgan fingerprint density at radius 2 is 1.82 bits per heavy atom. The normalized spacial score (nSPS) is 11.3. The average molecular weight is 310 g/mol. The standard InChI is InChI=1S/C20H20ClN/c1-15(14-22-3)16(2)20(18-9-5-4-6-10-18)13-17-8-7-11-19(21)12-17/h4-13,22H,1-2,14H2,3H3/b20-13-. The molecule has 22 heavy (non-hydrogen) atoms. The summed E-state index contributed by atoms with van der Waals surface area (Å²) >= 11 is 6.09. The van der Waals surface area contributed by atoms with Gasteiger partial charge in [0.25, 0.3) is 0 Å². The van der Waals surface area contributed by atoms with E-state index in [-0.39, 0.29) is 0 Å². The Kier molecular flexibility index (Phi) is 5.76. The summed E-state index contributed by atoms with van der Waals surface area (Å²) in [5, 5.41) is 3.84. The van der Waals surface area contributed by atoms with E-state index in [9.17, 15) is 0 Å². The van der Waals surface area contributed by atoms with Crippen molar-refractivity contribution in [1.82, 2.24) is 5.32 Å². The molecule has 2 aromatic carbocycles. The molecule has 0 aliphatic rings. The first-order valence-electron chi connectivity index (χ1n) is 7.16. The van der Waals surface area contributed by atoms with Crippen LogP contribution in [-0.4, -0.2) is 13.6 Å². The smallest absolute Gasteiger partial charge is 0.0411 e. The Hall–Kier alpha value is -2.09. The van der Waals surface area contributed by atoms with Gasteiger partial charge in [-0.05, 0) is 53.1 Å². The number of rotatable bonds is 6. The van der Waals surface area contributed by atoms with Crippen LogP contribution in [-0.2, 0) is 0 Å². The van der Waals surface area contributed by atoms with Crippen molar-refractivity contribution < 1.29 is 0 Å². The van der Waals surface area contributed by atoms with Crippen LogP contribution < -0.4 is 5.32 Å². The van der Waals surface area contributed by atoms with E-state index >= 15 is 0 Å². The highest BCUT2D eigenvalue weighted by molar-refractivity contribution is 6.30. The highest BCUT2D eigenvalue weighted by atomic mass is 35.5. The molecule has 0 unspecified atom stereocenters. The fraction of sp³-hybridized carbons (Fsp3) is 0.100. The third kappa shape index (κ3) is 4.20. The van der Waals surface area contributed by atoms with Crippen LogP contribution in [0.25, 0.3) is 11.6 Å². The zero-order chi connectivity index (χ0) is 15.9. The molecule has 2 heteroatoms. The lowest BCUT2D eigenvalue weighted by molar-refractivity contribution is 0.893. The molecule has 0 radical (unpaired) electrons. The third-order valence-electron chi connectivity index (χ3n) is 3.39. The first-order chi connectivity index (χ1) is 10.6. The van der Waals surface area contributed by atoms with E-state index < -0.39 is 0 Å². The third-order valence-corrected chi connectivity index (χ3v) is 3.62. The lowest BCUT2D eigenvalue weighted by Gasteiger charge is -2.14. The summed E-state index contributed by atoms with van der Waals surface area (Å²) in [5.74, 6) is 0. The van der Waals surface area contributed by atoms with Gasteiger partial charge in [0.1, 0.15) is 0 Å². The predicted octanol–water partition coefficient (Wildman–Crippen LogP) is 5.21. The summed E-state index contributed by atoms with van der Waals surface area (Å²) in [7, 11) is 1.90. The molecule has 0 fully saturated rings. The zero-order valence-corrected chi connectivity index (χ0v) is 13.5. The Labute approximate surface area is 137 Å². The summed E-state index contributed by atoms with van der Waals surface area (Å²) in [4.78, 5) is 0. The van der Waals surface area contributed by atoms with Crippen LogP contribution in [0, 0.1) is 0 Å². The van der Waals surface area contributed by atoms with Crippen LogP contribution in [0.2, 0.25) is 5.02 Å². The average Bonchev–Trinajstić information content (AvgIpc) is 2.53. The first kappa shape index (κ1) is 16.3. The number of nitrogens with one attached hydrogen (secondary N) is 1. The number of benzene rings is 2. The van der Waals surface area contributed by atoms with Gasteiger partial charge in [-0.15, -0.1) is 0 Å². The van der Waals surface area contributed by atoms with Gasteiger partial charge in [0.2, 0.25) is 0 Å². The quantitative estimate of drug-likeness (QED) is 0.570. The maximum Gasteiger partial charge on any atom is 0.0411 e. The van der Waals surface area contributed by atoms with E-state index in [0.717, 1.165) is 32.9 Å². The lowest BCUT2D eigenvalue weighted by atomic mass is 9.92. The number of allylic oxidation sites excluding steroid dienone is 1. The van der Waals surface area contributed by atoms with Gasteiger partial charge in [-0.3, -0.25) is 0 Å². The molecular weight excluding hydrogens is 290 g/mol. The van der Waals surface area contributed by atoms with Crippen molar-refractivity contribution in [3.8, 4) is 0 Å². The van der Waals surface area contributed by atoms with Crippen molar-refractivity contribution in [2.45, 2.75) is 0 Å². The summed E-state index contributed by atoms with van der Waals surface area (Å²) in [5.41, 5.74) is 5.12. The molecule has 0 spiro atoms. The largest absolute Gasteiger partial charge is 0.316 e. The Morgan fingerprint density at radius 1 is 1.09 bits per heavy atom. The van der Waals surface area contributed by atoms with E-state index in [1.165, 1.54) is 0 Å². The van der Waals surface area contributed by atoms with E-state index in [4.69, 9.17) is 11.6 Å². The molecular formula is C20H20ClN. The summed E-state index contributed by atoms with van der Waals surface area (Å²) in [6, 6.07) is 18.0. The molecule has 0 heterocycles. The molecule has 2 rings (SSSR count). The lowest BCUT2D eigenvalue weighted by Crippen LogP contribution is -2.11. The molecule has 0 aliphatic heterocycles. The minimum atomic E-state index is 0.707. The first-order valence-corrected chi connectivity index (χ1v) is 7.54. The van der Waals surface area contributed by atoms with Crippen molar-refractivity contribution in [2.24, 2.45) is 0 Å². The topological polar surface area (TPSA) is 12.0 Å². The van der Waals surface area contributed by atoms with Gasteiger partial charge in [0.15, 0.2) is 0 Å². The molecule has 2 aromatic rings. The number of halogens is 1. The molecule has 1 N–H and O–H groups in total. The van der Waals surface area contributed by atoms with Gasteiger partial charge in [0.05, 0.1) is 0 Å². The van der Waals surface area contributed by atoms with Gasteiger partial charge < -0.3 is 5.32 Å². The number of likely N-dealkylation sites (N-methyl/N-ethyl adjacent to an activating group) is 1. The van der Waals surface area contributed by atoms with E-state index in [1.54, 1.807) is 0 Å². The van der Waals surface area contributed by atoms with Crippen molar-refractivity contribution in [3.63, 3.8) is 0 Å². The van der Waals surface area contributed by atoms with Crippen molar-refractivity contribution in [2.75, 3.05) is 13.6 Å². The van der Waals surface area contributed by atoms with Crippen molar-refractivity contribution in [1.29, 1.82) is 0 Å². The van der Waals surface area contributed by atoms with Crippen molar-refractivity contribution in [3.05, 3.63) is 95.1 Å². The van der Waals surface area contributed by atoms with Crippen LogP contribution >= 0.6 is 11.6 Å². The van der Waals surface area contributed by atoms with Crippen LogP contribution in [0.3, 0.4) is 0 Å². The zero-order valence-electron chi connectivity index (χ0n) is 12.8. The van der Waals surface area contributed by atoms with Crippen LogP contribution in [0.1, 0.15) is 11.1 Å². The highest BCUT2D eigenvalue weighted by Gasteiger charge is 2.09. The highest BCUT2D eigenvalue weighted by Crippen LogP contribution is 2.29. The van der Waals surface area contributed by atoms with Crippen LogP contribution in [0.4, 0.5) is 0 Å². The number of hydrogen-bond donors (Lipinski definition) is 1. The maximum absolute atomic E-state index is 6.09. The maximum atomic E-state index is 6.09. The predicted molar refractivity (Wildman–Crippen MR) is 98.0 cm³/mol. The second kappa shape index (κ2) is 7.79. The fourth-order valence-electron chi connectivity index (χ4n) is 2.24. The van der Waals surface area contributed by atoms with E-state index in [1.807, 2.05) is 49.5 Å². The summed E-state index contributed by atoms with van der Waals surface area (Å²) in [6.07, 6.45) is 2.10. The fourth-order valence-corrected chi connectivity index (χ4v) is 2.43. The monoisotopic (exact) mass is 309 g/mol. The van der Waals surface area contributed by atoms with Gasteiger partial charge in [0, 0.05) is 11.6 Å². The second-order valence-electron chi connectivity index (χ2n) is 5.09. The molecule has 0 saturated heterocycles. The van der Waals surface area contributed by atoms with Gasteiger partial charge in [-0.2, -0.15) is 0 Å². The van der Waals surface area contributed by atoms with Gasteiger partial charge in [-0.1, -0.05) is 67.2 Å². The van der Waals surface area contributed by atoms with Gasteiger partial charge in [-0.25, -0.2) is 0 Å². The molecule has 0 aliphatic carbocycles. The van der Waals surface area contributed by atoms with Gasteiger partial charge >= 0.3 is 0 Å². The molecule has 0 bridgehead atoms. The minimum absolute atomic E-state index is 0.707. The molecule has 0 aromatic heterocycles. The summed E-state index contributed by atoms with van der Waals surface area (Å²) < 4.78 is 0.